The summed E-state index contributed by atoms with van der Waals surface area (Å²) in [7, 11) is 0. The first-order valence-corrected chi connectivity index (χ1v) is 7.62. The van der Waals surface area contributed by atoms with Gasteiger partial charge in [0.1, 0.15) is 0 Å². The molecule has 6 nitrogen and oxygen atoms in total. The summed E-state index contributed by atoms with van der Waals surface area (Å²) in [5.74, 6) is 0.550. The fraction of sp³-hybridized carbons (Fsp3) is 0.357. The molecule has 1 saturated heterocycles. The van der Waals surface area contributed by atoms with Crippen LogP contribution in [0.2, 0.25) is 0 Å². The van der Waals surface area contributed by atoms with Gasteiger partial charge in [0.05, 0.1) is 36.2 Å². The Kier molecular flexibility index (Phi) is 4.12. The van der Waals surface area contributed by atoms with Crippen molar-refractivity contribution in [3.05, 3.63) is 34.3 Å². The molecule has 1 aliphatic heterocycles. The van der Waals surface area contributed by atoms with Crippen molar-refractivity contribution in [3.8, 4) is 0 Å². The van der Waals surface area contributed by atoms with Gasteiger partial charge in [-0.05, 0) is 23.9 Å². The number of nitrogens with one attached hydrogen (secondary N) is 1. The molecule has 2 aromatic heterocycles. The molecule has 110 valence electrons. The van der Waals surface area contributed by atoms with E-state index < -0.39 is 0 Å². The summed E-state index contributed by atoms with van der Waals surface area (Å²) < 4.78 is 5.30. The van der Waals surface area contributed by atoms with Crippen molar-refractivity contribution in [1.82, 2.24) is 9.97 Å². The number of thiophene rings is 1. The van der Waals surface area contributed by atoms with Crippen molar-refractivity contribution in [2.24, 2.45) is 0 Å². The van der Waals surface area contributed by atoms with Crippen molar-refractivity contribution in [2.45, 2.75) is 6.92 Å². The Morgan fingerprint density at radius 3 is 2.67 bits per heavy atom. The zero-order valence-corrected chi connectivity index (χ0v) is 12.5. The van der Waals surface area contributed by atoms with Gasteiger partial charge in [-0.1, -0.05) is 0 Å². The molecule has 2 aromatic rings. The number of nitrogens with zero attached hydrogens (tertiary/aromatic N) is 3. The lowest BCUT2D eigenvalue weighted by atomic mass is 10.3. The van der Waals surface area contributed by atoms with Crippen LogP contribution in [0.5, 0.6) is 0 Å². The van der Waals surface area contributed by atoms with Crippen LogP contribution >= 0.6 is 11.3 Å². The molecule has 3 rings (SSSR count). The van der Waals surface area contributed by atoms with Crippen molar-refractivity contribution in [3.63, 3.8) is 0 Å². The number of anilines is 2. The van der Waals surface area contributed by atoms with Crippen LogP contribution in [0.15, 0.2) is 23.8 Å². The Bertz CT molecular complexity index is 620. The maximum atomic E-state index is 12.1. The Morgan fingerprint density at radius 2 is 2.05 bits per heavy atom. The van der Waals surface area contributed by atoms with Crippen molar-refractivity contribution in [1.29, 1.82) is 0 Å². The highest BCUT2D eigenvalue weighted by Crippen LogP contribution is 2.18. The second kappa shape index (κ2) is 6.19. The predicted octanol–water partition coefficient (Wildman–Crippen LogP) is 1.94. The van der Waals surface area contributed by atoms with Crippen LogP contribution in [0, 0.1) is 6.92 Å². The van der Waals surface area contributed by atoms with Gasteiger partial charge in [0, 0.05) is 13.1 Å². The molecule has 3 heterocycles. The highest BCUT2D eigenvalue weighted by atomic mass is 32.1. The minimum atomic E-state index is -0.120. The van der Waals surface area contributed by atoms with Gasteiger partial charge in [-0.15, -0.1) is 11.3 Å². The first-order chi connectivity index (χ1) is 10.2. The fourth-order valence-corrected chi connectivity index (χ4v) is 2.93. The van der Waals surface area contributed by atoms with E-state index in [0.29, 0.717) is 29.7 Å². The molecule has 0 radical (unpaired) electrons. The van der Waals surface area contributed by atoms with Crippen LogP contribution in [0.1, 0.15) is 15.2 Å². The highest BCUT2D eigenvalue weighted by molar-refractivity contribution is 7.12. The number of rotatable bonds is 3. The van der Waals surface area contributed by atoms with E-state index in [1.807, 2.05) is 18.4 Å². The average molecular weight is 304 g/mol. The molecule has 0 unspecified atom stereocenters. The van der Waals surface area contributed by atoms with E-state index in [0.717, 1.165) is 18.7 Å². The summed E-state index contributed by atoms with van der Waals surface area (Å²) in [6, 6.07) is 1.93. The Balaban J connectivity index is 1.67. The van der Waals surface area contributed by atoms with Gasteiger partial charge in [-0.2, -0.15) is 0 Å². The molecule has 0 spiro atoms. The first-order valence-electron chi connectivity index (χ1n) is 6.74. The van der Waals surface area contributed by atoms with E-state index in [1.165, 1.54) is 11.3 Å². The van der Waals surface area contributed by atoms with Gasteiger partial charge in [0.2, 0.25) is 5.95 Å². The largest absolute Gasteiger partial charge is 0.378 e. The minimum Gasteiger partial charge on any atom is -0.378 e. The van der Waals surface area contributed by atoms with Crippen LogP contribution in [-0.4, -0.2) is 42.2 Å². The molecule has 7 heteroatoms. The third-order valence-electron chi connectivity index (χ3n) is 3.26. The third-order valence-corrected chi connectivity index (χ3v) is 4.27. The van der Waals surface area contributed by atoms with Crippen LogP contribution < -0.4 is 10.2 Å². The molecule has 0 aliphatic carbocycles. The summed E-state index contributed by atoms with van der Waals surface area (Å²) in [5, 5.41) is 4.72. The normalized spacial score (nSPS) is 15.0. The summed E-state index contributed by atoms with van der Waals surface area (Å²) in [4.78, 5) is 23.5. The molecule has 0 saturated carbocycles. The molecule has 1 N–H and O–H groups in total. The maximum absolute atomic E-state index is 12.1. The van der Waals surface area contributed by atoms with Crippen LogP contribution in [0.3, 0.4) is 0 Å². The van der Waals surface area contributed by atoms with E-state index in [1.54, 1.807) is 12.4 Å². The molecule has 21 heavy (non-hydrogen) atoms. The number of ether oxygens (including phenoxy) is 1. The fourth-order valence-electron chi connectivity index (χ4n) is 2.11. The topological polar surface area (TPSA) is 67.4 Å². The summed E-state index contributed by atoms with van der Waals surface area (Å²) in [6.07, 6.45) is 3.28. The maximum Gasteiger partial charge on any atom is 0.266 e. The summed E-state index contributed by atoms with van der Waals surface area (Å²) in [6.45, 7) is 4.89. The molecular formula is C14H16N4O2S. The van der Waals surface area contributed by atoms with Crippen molar-refractivity contribution >= 4 is 28.9 Å². The van der Waals surface area contributed by atoms with E-state index >= 15 is 0 Å². The smallest absolute Gasteiger partial charge is 0.266 e. The van der Waals surface area contributed by atoms with Crippen molar-refractivity contribution in [2.75, 3.05) is 36.5 Å². The second-order valence-corrected chi connectivity index (χ2v) is 5.67. The van der Waals surface area contributed by atoms with Gasteiger partial charge in [-0.3, -0.25) is 4.79 Å². The second-order valence-electron chi connectivity index (χ2n) is 4.76. The first kappa shape index (κ1) is 14.0. The third kappa shape index (κ3) is 3.20. The lowest BCUT2D eigenvalue weighted by Gasteiger charge is -2.26. The zero-order chi connectivity index (χ0) is 14.7. The van der Waals surface area contributed by atoms with Crippen LogP contribution in [0.25, 0.3) is 0 Å². The van der Waals surface area contributed by atoms with E-state index in [4.69, 9.17) is 4.74 Å². The molecule has 1 aliphatic rings. The van der Waals surface area contributed by atoms with E-state index in [-0.39, 0.29) is 5.91 Å². The standard InChI is InChI=1S/C14H16N4O2S/c1-10-2-7-21-12(10)13(19)17-11-8-15-14(16-9-11)18-3-5-20-6-4-18/h2,7-9H,3-6H2,1H3,(H,17,19). The van der Waals surface area contributed by atoms with Gasteiger partial charge in [0.15, 0.2) is 0 Å². The monoisotopic (exact) mass is 304 g/mol. The molecule has 1 amide bonds. The average Bonchev–Trinajstić information content (AvgIpc) is 2.95. The summed E-state index contributed by atoms with van der Waals surface area (Å²) >= 11 is 1.43. The van der Waals surface area contributed by atoms with Crippen molar-refractivity contribution < 1.29 is 9.53 Å². The number of aromatic nitrogens is 2. The number of morpholine rings is 1. The van der Waals surface area contributed by atoms with E-state index in [2.05, 4.69) is 20.2 Å². The zero-order valence-electron chi connectivity index (χ0n) is 11.7. The van der Waals surface area contributed by atoms with Gasteiger partial charge in [-0.25, -0.2) is 9.97 Å². The van der Waals surface area contributed by atoms with Crippen LogP contribution in [-0.2, 0) is 4.74 Å². The molecule has 0 bridgehead atoms. The number of carbonyl (C=O) groups excluding carboxylic acids is 1. The predicted molar refractivity (Wildman–Crippen MR) is 82.1 cm³/mol. The van der Waals surface area contributed by atoms with Gasteiger partial charge >= 0.3 is 0 Å². The number of aryl methyl sites for hydroxylation is 1. The number of hydrogen-bond acceptors (Lipinski definition) is 6. The molecule has 0 atom stereocenters. The quantitative estimate of drug-likeness (QED) is 0.938. The summed E-state index contributed by atoms with van der Waals surface area (Å²) in [5.41, 5.74) is 1.58. The number of hydrogen-bond donors (Lipinski definition) is 1. The molecule has 0 aromatic carbocycles. The Labute approximate surface area is 126 Å². The lowest BCUT2D eigenvalue weighted by Crippen LogP contribution is -2.37. The Morgan fingerprint density at radius 1 is 1.33 bits per heavy atom. The molecular weight excluding hydrogens is 288 g/mol. The van der Waals surface area contributed by atoms with E-state index in [9.17, 15) is 4.79 Å². The lowest BCUT2D eigenvalue weighted by molar-refractivity contribution is 0.103. The van der Waals surface area contributed by atoms with Gasteiger partial charge < -0.3 is 15.0 Å². The molecule has 1 fully saturated rings. The Hall–Kier alpha value is -1.99. The highest BCUT2D eigenvalue weighted by Gasteiger charge is 2.14. The van der Waals surface area contributed by atoms with Crippen LogP contribution in [0.4, 0.5) is 11.6 Å². The number of carbonyl (C=O) groups is 1. The SMILES string of the molecule is Cc1ccsc1C(=O)Nc1cnc(N2CCOCC2)nc1. The van der Waals surface area contributed by atoms with Gasteiger partial charge in [0.25, 0.3) is 5.91 Å². The minimum absolute atomic E-state index is 0.120. The number of amides is 1.